The Labute approximate surface area is 86.3 Å². The smallest absolute Gasteiger partial charge is 0.308 e. The first-order valence-electron chi connectivity index (χ1n) is 4.40. The van der Waals surface area contributed by atoms with Gasteiger partial charge in [0.25, 0.3) is 5.91 Å². The fraction of sp³-hybridized carbons (Fsp3) is 0.333. The highest BCUT2D eigenvalue weighted by atomic mass is 16.4. The summed E-state index contributed by atoms with van der Waals surface area (Å²) in [5.74, 6) is -1.99. The van der Waals surface area contributed by atoms with Gasteiger partial charge in [0.1, 0.15) is 0 Å². The number of amides is 1. The predicted octanol–water partition coefficient (Wildman–Crippen LogP) is -0.0729. The van der Waals surface area contributed by atoms with Gasteiger partial charge in [-0.05, 0) is 12.1 Å². The minimum Gasteiger partial charge on any atom is -0.481 e. The quantitative estimate of drug-likeness (QED) is 0.724. The van der Waals surface area contributed by atoms with Gasteiger partial charge in [0.15, 0.2) is 5.69 Å². The molecule has 1 heterocycles. The molecule has 1 unspecified atom stereocenters. The molecule has 1 amide bonds. The number of rotatable bonds is 4. The molecular formula is C9H11N3O3. The Kier molecular flexibility index (Phi) is 3.73. The lowest BCUT2D eigenvalue weighted by Gasteiger charge is -2.07. The summed E-state index contributed by atoms with van der Waals surface area (Å²) >= 11 is 0. The van der Waals surface area contributed by atoms with Crippen LogP contribution in [0.3, 0.4) is 0 Å². The molecule has 0 bridgehead atoms. The maximum atomic E-state index is 11.4. The van der Waals surface area contributed by atoms with Gasteiger partial charge in [0.05, 0.1) is 5.92 Å². The second-order valence-corrected chi connectivity index (χ2v) is 3.06. The van der Waals surface area contributed by atoms with Crippen molar-refractivity contribution in [2.45, 2.75) is 6.92 Å². The van der Waals surface area contributed by atoms with Crippen LogP contribution < -0.4 is 5.32 Å². The van der Waals surface area contributed by atoms with Crippen LogP contribution in [0.1, 0.15) is 17.4 Å². The van der Waals surface area contributed by atoms with Gasteiger partial charge in [0, 0.05) is 12.7 Å². The molecule has 80 valence electrons. The van der Waals surface area contributed by atoms with Crippen molar-refractivity contribution in [2.75, 3.05) is 6.54 Å². The molecule has 0 aliphatic rings. The molecular weight excluding hydrogens is 198 g/mol. The Morgan fingerprint density at radius 3 is 2.87 bits per heavy atom. The first-order valence-corrected chi connectivity index (χ1v) is 4.40. The van der Waals surface area contributed by atoms with E-state index in [0.717, 1.165) is 0 Å². The Morgan fingerprint density at radius 1 is 1.60 bits per heavy atom. The molecule has 1 atom stereocenters. The molecule has 0 aliphatic carbocycles. The summed E-state index contributed by atoms with van der Waals surface area (Å²) in [5.41, 5.74) is 0.176. The van der Waals surface area contributed by atoms with Crippen molar-refractivity contribution in [3.05, 3.63) is 24.0 Å². The average molecular weight is 209 g/mol. The third-order valence-corrected chi connectivity index (χ3v) is 1.80. The van der Waals surface area contributed by atoms with E-state index in [4.69, 9.17) is 5.11 Å². The number of hydrogen-bond acceptors (Lipinski definition) is 4. The Morgan fingerprint density at radius 2 is 2.33 bits per heavy atom. The van der Waals surface area contributed by atoms with Crippen LogP contribution in [-0.4, -0.2) is 33.7 Å². The molecule has 2 N–H and O–H groups in total. The molecule has 0 saturated heterocycles. The summed E-state index contributed by atoms with van der Waals surface area (Å²) < 4.78 is 0. The lowest BCUT2D eigenvalue weighted by molar-refractivity contribution is -0.140. The number of aliphatic carboxylic acids is 1. The number of carboxylic acids is 1. The largest absolute Gasteiger partial charge is 0.481 e. The fourth-order valence-corrected chi connectivity index (χ4v) is 0.846. The van der Waals surface area contributed by atoms with E-state index < -0.39 is 17.8 Å². The number of carboxylic acid groups (broad SMARTS) is 1. The summed E-state index contributed by atoms with van der Waals surface area (Å²) in [6.07, 6.45) is 1.46. The molecule has 0 aromatic carbocycles. The van der Waals surface area contributed by atoms with Crippen LogP contribution in [0.25, 0.3) is 0 Å². The normalized spacial score (nSPS) is 11.8. The third-order valence-electron chi connectivity index (χ3n) is 1.80. The van der Waals surface area contributed by atoms with Gasteiger partial charge in [-0.2, -0.15) is 5.10 Å². The van der Waals surface area contributed by atoms with Crippen molar-refractivity contribution in [3.8, 4) is 0 Å². The van der Waals surface area contributed by atoms with Crippen molar-refractivity contribution in [2.24, 2.45) is 5.92 Å². The van der Waals surface area contributed by atoms with Gasteiger partial charge in [0.2, 0.25) is 0 Å². The van der Waals surface area contributed by atoms with Gasteiger partial charge in [-0.25, -0.2) is 0 Å². The lowest BCUT2D eigenvalue weighted by atomic mass is 10.2. The lowest BCUT2D eigenvalue weighted by Crippen LogP contribution is -2.32. The molecule has 1 aromatic rings. The van der Waals surface area contributed by atoms with Gasteiger partial charge in [-0.15, -0.1) is 5.10 Å². The highest BCUT2D eigenvalue weighted by Gasteiger charge is 2.13. The van der Waals surface area contributed by atoms with Crippen LogP contribution in [0, 0.1) is 5.92 Å². The molecule has 1 rings (SSSR count). The molecule has 0 spiro atoms. The SMILES string of the molecule is CC(CNC(=O)c1cccnn1)C(=O)O. The van der Waals surface area contributed by atoms with E-state index >= 15 is 0 Å². The van der Waals surface area contributed by atoms with Crippen LogP contribution in [0.4, 0.5) is 0 Å². The van der Waals surface area contributed by atoms with Crippen molar-refractivity contribution >= 4 is 11.9 Å². The molecule has 0 saturated carbocycles. The predicted molar refractivity (Wildman–Crippen MR) is 51.2 cm³/mol. The zero-order chi connectivity index (χ0) is 11.3. The third kappa shape index (κ3) is 3.34. The van der Waals surface area contributed by atoms with E-state index in [0.29, 0.717) is 0 Å². The van der Waals surface area contributed by atoms with E-state index in [1.54, 1.807) is 6.07 Å². The fourth-order valence-electron chi connectivity index (χ4n) is 0.846. The summed E-state index contributed by atoms with van der Waals surface area (Å²) in [4.78, 5) is 21.8. The van der Waals surface area contributed by atoms with E-state index in [1.165, 1.54) is 19.2 Å². The molecule has 1 aromatic heterocycles. The highest BCUT2D eigenvalue weighted by molar-refractivity contribution is 5.92. The molecule has 6 nitrogen and oxygen atoms in total. The topological polar surface area (TPSA) is 92.2 Å². The minimum atomic E-state index is -0.950. The number of hydrogen-bond donors (Lipinski definition) is 2. The zero-order valence-corrected chi connectivity index (χ0v) is 8.17. The zero-order valence-electron chi connectivity index (χ0n) is 8.17. The van der Waals surface area contributed by atoms with Gasteiger partial charge >= 0.3 is 5.97 Å². The second-order valence-electron chi connectivity index (χ2n) is 3.06. The molecule has 15 heavy (non-hydrogen) atoms. The first-order chi connectivity index (χ1) is 7.11. The van der Waals surface area contributed by atoms with Crippen LogP contribution in [0.15, 0.2) is 18.3 Å². The Bertz CT molecular complexity index is 353. The minimum absolute atomic E-state index is 0.0741. The van der Waals surface area contributed by atoms with Crippen molar-refractivity contribution in [1.29, 1.82) is 0 Å². The van der Waals surface area contributed by atoms with Crippen molar-refractivity contribution < 1.29 is 14.7 Å². The molecule has 6 heteroatoms. The number of nitrogens with one attached hydrogen (secondary N) is 1. The maximum absolute atomic E-state index is 11.4. The van der Waals surface area contributed by atoms with E-state index in [-0.39, 0.29) is 12.2 Å². The van der Waals surface area contributed by atoms with E-state index in [2.05, 4.69) is 15.5 Å². The summed E-state index contributed by atoms with van der Waals surface area (Å²) in [7, 11) is 0. The van der Waals surface area contributed by atoms with Crippen LogP contribution in [0.2, 0.25) is 0 Å². The maximum Gasteiger partial charge on any atom is 0.308 e. The first kappa shape index (κ1) is 11.1. The molecule has 0 aliphatic heterocycles. The van der Waals surface area contributed by atoms with E-state index in [1.807, 2.05) is 0 Å². The van der Waals surface area contributed by atoms with Gasteiger partial charge in [-0.3, -0.25) is 9.59 Å². The van der Waals surface area contributed by atoms with Crippen LogP contribution in [0.5, 0.6) is 0 Å². The molecule has 0 radical (unpaired) electrons. The summed E-state index contributed by atoms with van der Waals surface area (Å²) in [5, 5.41) is 18.2. The molecule has 0 fully saturated rings. The van der Waals surface area contributed by atoms with Crippen LogP contribution in [-0.2, 0) is 4.79 Å². The van der Waals surface area contributed by atoms with Gasteiger partial charge in [-0.1, -0.05) is 6.92 Å². The van der Waals surface area contributed by atoms with Crippen molar-refractivity contribution in [3.63, 3.8) is 0 Å². The number of nitrogens with zero attached hydrogens (tertiary/aromatic N) is 2. The monoisotopic (exact) mass is 209 g/mol. The average Bonchev–Trinajstić information content (AvgIpc) is 2.26. The Hall–Kier alpha value is -1.98. The number of aromatic nitrogens is 2. The van der Waals surface area contributed by atoms with Crippen LogP contribution >= 0.6 is 0 Å². The summed E-state index contributed by atoms with van der Waals surface area (Å²) in [6, 6.07) is 3.09. The highest BCUT2D eigenvalue weighted by Crippen LogP contribution is 1.94. The summed E-state index contributed by atoms with van der Waals surface area (Å²) in [6.45, 7) is 1.59. The Balaban J connectivity index is 2.47. The second kappa shape index (κ2) is 5.04. The van der Waals surface area contributed by atoms with Crippen molar-refractivity contribution in [1.82, 2.24) is 15.5 Å². The number of carbonyl (C=O) groups excluding carboxylic acids is 1. The standard InChI is InChI=1S/C9H11N3O3/c1-6(9(14)15)5-10-8(13)7-3-2-4-11-12-7/h2-4,6H,5H2,1H3,(H,10,13)(H,14,15). The number of carbonyl (C=O) groups is 2. The van der Waals surface area contributed by atoms with E-state index in [9.17, 15) is 9.59 Å². The van der Waals surface area contributed by atoms with Gasteiger partial charge < -0.3 is 10.4 Å².